The van der Waals surface area contributed by atoms with E-state index in [-0.39, 0.29) is 12.6 Å². The Bertz CT molecular complexity index is 272. The first-order chi connectivity index (χ1) is 6.27. The molecule has 0 saturated carbocycles. The van der Waals surface area contributed by atoms with Crippen LogP contribution in [0.5, 0.6) is 0 Å². The first-order valence-electron chi connectivity index (χ1n) is 4.16. The van der Waals surface area contributed by atoms with Gasteiger partial charge in [0, 0.05) is 4.88 Å². The minimum atomic E-state index is -0.193. The van der Waals surface area contributed by atoms with E-state index in [2.05, 4.69) is 17.7 Å². The number of hydrogen-bond acceptors (Lipinski definition) is 4. The zero-order valence-corrected chi connectivity index (χ0v) is 8.34. The summed E-state index contributed by atoms with van der Waals surface area (Å²) in [4.78, 5) is 11.2. The van der Waals surface area contributed by atoms with E-state index in [1.807, 2.05) is 5.38 Å². The number of ether oxygens (including phenoxy) is 1. The van der Waals surface area contributed by atoms with Crippen molar-refractivity contribution in [3.63, 3.8) is 0 Å². The van der Waals surface area contributed by atoms with Crippen LogP contribution < -0.4 is 5.73 Å². The van der Waals surface area contributed by atoms with Gasteiger partial charge in [0.05, 0.1) is 6.04 Å². The van der Waals surface area contributed by atoms with Crippen molar-refractivity contribution < 1.29 is 9.53 Å². The molecule has 0 spiro atoms. The minimum Gasteiger partial charge on any atom is -0.466 e. The molecule has 1 heterocycles. The van der Waals surface area contributed by atoms with Crippen molar-refractivity contribution in [3.05, 3.63) is 21.9 Å². The highest BCUT2D eigenvalue weighted by molar-refractivity contribution is 7.10. The molecule has 0 aromatic carbocycles. The van der Waals surface area contributed by atoms with E-state index >= 15 is 0 Å². The van der Waals surface area contributed by atoms with Gasteiger partial charge in [-0.25, -0.2) is 0 Å². The molecular weight excluding hydrogens is 186 g/mol. The Balaban J connectivity index is 2.54. The molecule has 1 unspecified atom stereocenters. The SMILES string of the molecule is CCc1cc(C(N)COC=O)cs1. The molecule has 3 nitrogen and oxygen atoms in total. The highest BCUT2D eigenvalue weighted by atomic mass is 32.1. The van der Waals surface area contributed by atoms with Gasteiger partial charge in [0.1, 0.15) is 6.61 Å². The number of nitrogens with two attached hydrogens (primary N) is 1. The smallest absolute Gasteiger partial charge is 0.293 e. The predicted molar refractivity (Wildman–Crippen MR) is 52.6 cm³/mol. The average Bonchev–Trinajstić information content (AvgIpc) is 2.62. The molecule has 13 heavy (non-hydrogen) atoms. The molecule has 0 aliphatic rings. The van der Waals surface area contributed by atoms with E-state index < -0.39 is 0 Å². The summed E-state index contributed by atoms with van der Waals surface area (Å²) < 4.78 is 4.59. The third-order valence-electron chi connectivity index (χ3n) is 1.79. The molecule has 0 fully saturated rings. The van der Waals surface area contributed by atoms with Crippen molar-refractivity contribution in [2.24, 2.45) is 5.73 Å². The lowest BCUT2D eigenvalue weighted by molar-refractivity contribution is -0.129. The van der Waals surface area contributed by atoms with Gasteiger partial charge in [-0.05, 0) is 23.4 Å². The Morgan fingerprint density at radius 3 is 3.08 bits per heavy atom. The Morgan fingerprint density at radius 1 is 1.77 bits per heavy atom. The maximum absolute atomic E-state index is 9.93. The fourth-order valence-electron chi connectivity index (χ4n) is 1.02. The lowest BCUT2D eigenvalue weighted by Gasteiger charge is -2.06. The van der Waals surface area contributed by atoms with Crippen molar-refractivity contribution in [3.8, 4) is 0 Å². The predicted octanol–water partition coefficient (Wildman–Crippen LogP) is 1.48. The summed E-state index contributed by atoms with van der Waals surface area (Å²) in [5, 5.41) is 2.01. The number of hydrogen-bond donors (Lipinski definition) is 1. The average molecular weight is 199 g/mol. The van der Waals surface area contributed by atoms with Crippen molar-refractivity contribution >= 4 is 17.8 Å². The van der Waals surface area contributed by atoms with Crippen molar-refractivity contribution in [2.45, 2.75) is 19.4 Å². The van der Waals surface area contributed by atoms with Crippen LogP contribution >= 0.6 is 11.3 Å². The summed E-state index contributed by atoms with van der Waals surface area (Å²) in [6, 6.07) is 1.87. The van der Waals surface area contributed by atoms with Crippen molar-refractivity contribution in [2.75, 3.05) is 6.61 Å². The van der Waals surface area contributed by atoms with Crippen LogP contribution in [0.4, 0.5) is 0 Å². The number of carbonyl (C=O) groups is 1. The van der Waals surface area contributed by atoms with E-state index in [4.69, 9.17) is 5.73 Å². The molecule has 1 aromatic heterocycles. The highest BCUT2D eigenvalue weighted by Crippen LogP contribution is 2.19. The molecule has 72 valence electrons. The second-order valence-corrected chi connectivity index (χ2v) is 3.73. The van der Waals surface area contributed by atoms with Crippen LogP contribution in [-0.2, 0) is 16.0 Å². The number of carbonyl (C=O) groups excluding carboxylic acids is 1. The molecule has 0 aliphatic heterocycles. The van der Waals surface area contributed by atoms with E-state index in [1.54, 1.807) is 11.3 Å². The van der Waals surface area contributed by atoms with E-state index in [1.165, 1.54) is 4.88 Å². The maximum atomic E-state index is 9.93. The molecule has 0 aliphatic carbocycles. The molecule has 1 rings (SSSR count). The molecular formula is C9H13NO2S. The van der Waals surface area contributed by atoms with Gasteiger partial charge in [-0.1, -0.05) is 6.92 Å². The van der Waals surface area contributed by atoms with Crippen LogP contribution in [0.25, 0.3) is 0 Å². The number of aryl methyl sites for hydroxylation is 1. The first-order valence-corrected chi connectivity index (χ1v) is 5.04. The van der Waals surface area contributed by atoms with Crippen LogP contribution in [0.15, 0.2) is 11.4 Å². The van der Waals surface area contributed by atoms with Crippen molar-refractivity contribution in [1.29, 1.82) is 0 Å². The van der Waals surface area contributed by atoms with E-state index in [0.29, 0.717) is 6.47 Å². The van der Waals surface area contributed by atoms with Gasteiger partial charge < -0.3 is 10.5 Å². The Morgan fingerprint density at radius 2 is 2.54 bits per heavy atom. The summed E-state index contributed by atoms with van der Waals surface area (Å²) in [6.45, 7) is 2.78. The topological polar surface area (TPSA) is 52.3 Å². The van der Waals surface area contributed by atoms with Gasteiger partial charge in [-0.2, -0.15) is 0 Å². The number of thiophene rings is 1. The van der Waals surface area contributed by atoms with Crippen LogP contribution in [0.3, 0.4) is 0 Å². The zero-order chi connectivity index (χ0) is 9.68. The quantitative estimate of drug-likeness (QED) is 0.731. The summed E-state index contributed by atoms with van der Waals surface area (Å²) >= 11 is 1.69. The van der Waals surface area contributed by atoms with Gasteiger partial charge in [0.2, 0.25) is 0 Å². The fourth-order valence-corrected chi connectivity index (χ4v) is 1.92. The molecule has 1 aromatic rings. The second-order valence-electron chi connectivity index (χ2n) is 2.74. The maximum Gasteiger partial charge on any atom is 0.293 e. The summed E-state index contributed by atoms with van der Waals surface area (Å²) in [5.74, 6) is 0. The first kappa shape index (κ1) is 10.2. The molecule has 0 amide bonds. The lowest BCUT2D eigenvalue weighted by atomic mass is 10.1. The number of rotatable bonds is 5. The van der Waals surface area contributed by atoms with Crippen LogP contribution in [0.2, 0.25) is 0 Å². The molecule has 0 bridgehead atoms. The minimum absolute atomic E-state index is 0.193. The van der Waals surface area contributed by atoms with E-state index in [9.17, 15) is 4.79 Å². The van der Waals surface area contributed by atoms with Crippen LogP contribution in [0, 0.1) is 0 Å². The van der Waals surface area contributed by atoms with E-state index in [0.717, 1.165) is 12.0 Å². The van der Waals surface area contributed by atoms with Crippen LogP contribution in [-0.4, -0.2) is 13.1 Å². The summed E-state index contributed by atoms with van der Waals surface area (Å²) in [7, 11) is 0. The second kappa shape index (κ2) is 4.99. The Labute approximate surface area is 81.5 Å². The Hall–Kier alpha value is -0.870. The highest BCUT2D eigenvalue weighted by Gasteiger charge is 2.08. The molecule has 1 atom stereocenters. The van der Waals surface area contributed by atoms with Crippen molar-refractivity contribution in [1.82, 2.24) is 0 Å². The third-order valence-corrected chi connectivity index (χ3v) is 2.89. The summed E-state index contributed by atoms with van der Waals surface area (Å²) in [6.07, 6.45) is 1.02. The largest absolute Gasteiger partial charge is 0.466 e. The van der Waals surface area contributed by atoms with Gasteiger partial charge in [0.15, 0.2) is 0 Å². The van der Waals surface area contributed by atoms with Crippen LogP contribution in [0.1, 0.15) is 23.4 Å². The molecule has 0 radical (unpaired) electrons. The van der Waals surface area contributed by atoms with Gasteiger partial charge in [0.25, 0.3) is 6.47 Å². The summed E-state index contributed by atoms with van der Waals surface area (Å²) in [5.41, 5.74) is 6.82. The normalized spacial score (nSPS) is 12.5. The lowest BCUT2D eigenvalue weighted by Crippen LogP contribution is -2.15. The van der Waals surface area contributed by atoms with Gasteiger partial charge in [-0.3, -0.25) is 4.79 Å². The standard InChI is InChI=1S/C9H13NO2S/c1-2-8-3-7(5-13-8)9(10)4-12-6-11/h3,5-6,9H,2,4,10H2,1H3. The van der Waals surface area contributed by atoms with Gasteiger partial charge in [-0.15, -0.1) is 11.3 Å². The monoisotopic (exact) mass is 199 g/mol. The fraction of sp³-hybridized carbons (Fsp3) is 0.444. The third kappa shape index (κ3) is 2.82. The zero-order valence-electron chi connectivity index (χ0n) is 7.53. The molecule has 0 saturated heterocycles. The molecule has 4 heteroatoms. The molecule has 2 N–H and O–H groups in total. The Kier molecular flexibility index (Phi) is 3.92. The van der Waals surface area contributed by atoms with Gasteiger partial charge >= 0.3 is 0 Å².